The number of nitrogens with zero attached hydrogens (tertiary/aromatic N) is 4. The molecule has 2 aliphatic rings. The predicted molar refractivity (Wildman–Crippen MR) is 117 cm³/mol. The zero-order chi connectivity index (χ0) is 21.4. The van der Waals surface area contributed by atoms with Crippen molar-refractivity contribution >= 4 is 28.4 Å². The lowest BCUT2D eigenvalue weighted by Crippen LogP contribution is -2.49. The van der Waals surface area contributed by atoms with Crippen molar-refractivity contribution in [2.75, 3.05) is 24.5 Å². The molecule has 2 unspecified atom stereocenters. The summed E-state index contributed by atoms with van der Waals surface area (Å²) < 4.78 is 0. The Balaban J connectivity index is 1.22. The number of hydrogen-bond acceptors (Lipinski definition) is 6. The summed E-state index contributed by atoms with van der Waals surface area (Å²) >= 11 is 0. The topological polar surface area (TPSA) is 108 Å². The molecule has 1 aromatic carbocycles. The molecule has 0 radical (unpaired) electrons. The molecule has 31 heavy (non-hydrogen) atoms. The van der Waals surface area contributed by atoms with Crippen LogP contribution in [-0.2, 0) is 4.79 Å². The van der Waals surface area contributed by atoms with Crippen LogP contribution in [0, 0.1) is 11.8 Å². The monoisotopic (exact) mass is 418 g/mol. The number of aromatic amines is 1. The van der Waals surface area contributed by atoms with Gasteiger partial charge in [-0.05, 0) is 49.6 Å². The Hall–Kier alpha value is -3.26. The fourth-order valence-corrected chi connectivity index (χ4v) is 4.84. The van der Waals surface area contributed by atoms with Crippen LogP contribution in [0.1, 0.15) is 29.6 Å². The van der Waals surface area contributed by atoms with Gasteiger partial charge in [0, 0.05) is 49.2 Å². The van der Waals surface area contributed by atoms with E-state index in [1.54, 1.807) is 29.7 Å². The first-order valence-corrected chi connectivity index (χ1v) is 10.8. The molecular formula is C23H26N6O2. The highest BCUT2D eigenvalue weighted by molar-refractivity contribution is 6.01. The van der Waals surface area contributed by atoms with Gasteiger partial charge in [0.05, 0.1) is 29.4 Å². The van der Waals surface area contributed by atoms with E-state index in [4.69, 9.17) is 5.73 Å². The highest BCUT2D eigenvalue weighted by Crippen LogP contribution is 2.30. The molecular weight excluding hydrogens is 392 g/mol. The van der Waals surface area contributed by atoms with Crippen LogP contribution in [0.15, 0.2) is 49.1 Å². The second kappa shape index (κ2) is 8.11. The normalized spacial score (nSPS) is 22.2. The first-order valence-electron chi connectivity index (χ1n) is 10.8. The SMILES string of the molecule is NC1C(C(=O)c2ccc3nc[nH]c3c2)CCN1C(=O)C1CCN(c2ccncc2)CC1. The second-order valence-corrected chi connectivity index (χ2v) is 8.38. The van der Waals surface area contributed by atoms with E-state index in [1.807, 2.05) is 24.3 Å². The molecule has 5 rings (SSSR count). The second-order valence-electron chi connectivity index (χ2n) is 8.38. The van der Waals surface area contributed by atoms with Crippen molar-refractivity contribution in [3.63, 3.8) is 0 Å². The molecule has 8 heteroatoms. The van der Waals surface area contributed by atoms with Crippen LogP contribution in [-0.4, -0.2) is 57.3 Å². The van der Waals surface area contributed by atoms with Crippen molar-refractivity contribution in [2.24, 2.45) is 17.6 Å². The minimum atomic E-state index is -0.573. The fourth-order valence-electron chi connectivity index (χ4n) is 4.84. The molecule has 0 bridgehead atoms. The Kier molecular flexibility index (Phi) is 5.15. The van der Waals surface area contributed by atoms with Gasteiger partial charge in [-0.3, -0.25) is 14.6 Å². The van der Waals surface area contributed by atoms with Gasteiger partial charge >= 0.3 is 0 Å². The van der Waals surface area contributed by atoms with E-state index >= 15 is 0 Å². The number of carbonyl (C=O) groups excluding carboxylic acids is 2. The molecule has 2 fully saturated rings. The molecule has 160 valence electrons. The average Bonchev–Trinajstić information content (AvgIpc) is 3.44. The lowest BCUT2D eigenvalue weighted by atomic mass is 9.93. The summed E-state index contributed by atoms with van der Waals surface area (Å²) in [5.74, 6) is -0.339. The Morgan fingerprint density at radius 1 is 1.03 bits per heavy atom. The molecule has 3 N–H and O–H groups in total. The number of anilines is 1. The number of rotatable bonds is 4. The Morgan fingerprint density at radius 3 is 2.58 bits per heavy atom. The molecule has 0 aliphatic carbocycles. The largest absolute Gasteiger partial charge is 0.371 e. The van der Waals surface area contributed by atoms with E-state index in [9.17, 15) is 9.59 Å². The molecule has 2 aromatic heterocycles. The Labute approximate surface area is 180 Å². The van der Waals surface area contributed by atoms with Gasteiger partial charge in [0.1, 0.15) is 0 Å². The minimum Gasteiger partial charge on any atom is -0.371 e. The van der Waals surface area contributed by atoms with E-state index in [-0.39, 0.29) is 23.5 Å². The van der Waals surface area contributed by atoms with Crippen molar-refractivity contribution in [1.29, 1.82) is 0 Å². The van der Waals surface area contributed by atoms with Crippen LogP contribution in [0.3, 0.4) is 0 Å². The summed E-state index contributed by atoms with van der Waals surface area (Å²) in [4.78, 5) is 41.6. The van der Waals surface area contributed by atoms with E-state index in [1.165, 1.54) is 0 Å². The third-order valence-corrected chi connectivity index (χ3v) is 6.65. The minimum absolute atomic E-state index is 0.00759. The number of Topliss-reactive ketones (excluding diaryl/α,β-unsaturated/α-hetero) is 1. The molecule has 4 heterocycles. The standard InChI is InChI=1S/C23H26N6O2/c24-22-18(21(30)16-1-2-19-20(13-16)27-14-26-19)7-12-29(22)23(31)15-5-10-28(11-6-15)17-3-8-25-9-4-17/h1-4,8-9,13-15,18,22H,5-7,10-12,24H2,(H,26,27). The number of hydrogen-bond donors (Lipinski definition) is 2. The lowest BCUT2D eigenvalue weighted by molar-refractivity contribution is -0.137. The quantitative estimate of drug-likeness (QED) is 0.629. The van der Waals surface area contributed by atoms with Gasteiger partial charge in [-0.2, -0.15) is 0 Å². The number of benzene rings is 1. The van der Waals surface area contributed by atoms with Gasteiger partial charge in [-0.1, -0.05) is 0 Å². The van der Waals surface area contributed by atoms with Gasteiger partial charge < -0.3 is 20.5 Å². The summed E-state index contributed by atoms with van der Waals surface area (Å²) in [6, 6.07) is 9.43. The number of aromatic nitrogens is 3. The van der Waals surface area contributed by atoms with E-state index in [2.05, 4.69) is 19.9 Å². The van der Waals surface area contributed by atoms with E-state index in [0.29, 0.717) is 18.5 Å². The molecule has 2 saturated heterocycles. The van der Waals surface area contributed by atoms with Gasteiger partial charge in [0.2, 0.25) is 5.91 Å². The number of nitrogens with two attached hydrogens (primary N) is 1. The number of carbonyl (C=O) groups is 2. The Bertz CT molecular complexity index is 1090. The molecule has 0 saturated carbocycles. The third-order valence-electron chi connectivity index (χ3n) is 6.65. The van der Waals surface area contributed by atoms with Crippen LogP contribution < -0.4 is 10.6 Å². The van der Waals surface area contributed by atoms with Crippen molar-refractivity contribution in [1.82, 2.24) is 19.9 Å². The predicted octanol–water partition coefficient (Wildman–Crippen LogP) is 2.19. The van der Waals surface area contributed by atoms with E-state index < -0.39 is 6.17 Å². The smallest absolute Gasteiger partial charge is 0.227 e. The lowest BCUT2D eigenvalue weighted by Gasteiger charge is -2.35. The summed E-state index contributed by atoms with van der Waals surface area (Å²) in [5, 5.41) is 0. The Morgan fingerprint density at radius 2 is 1.81 bits per heavy atom. The molecule has 1 amide bonds. The van der Waals surface area contributed by atoms with Crippen LogP contribution >= 0.6 is 0 Å². The number of amides is 1. The number of fused-ring (bicyclic) bond motifs is 1. The maximum absolute atomic E-state index is 13.2. The first kappa shape index (κ1) is 19.7. The van der Waals surface area contributed by atoms with Gasteiger partial charge in [0.25, 0.3) is 0 Å². The van der Waals surface area contributed by atoms with Crippen LogP contribution in [0.2, 0.25) is 0 Å². The number of H-pyrrole nitrogens is 1. The van der Waals surface area contributed by atoms with Crippen molar-refractivity contribution in [2.45, 2.75) is 25.4 Å². The zero-order valence-electron chi connectivity index (χ0n) is 17.3. The summed E-state index contributed by atoms with van der Waals surface area (Å²) in [6.07, 6.45) is 6.80. The van der Waals surface area contributed by atoms with Gasteiger partial charge in [-0.25, -0.2) is 4.98 Å². The number of ketones is 1. The van der Waals surface area contributed by atoms with Crippen LogP contribution in [0.4, 0.5) is 5.69 Å². The molecule has 8 nitrogen and oxygen atoms in total. The highest BCUT2D eigenvalue weighted by atomic mass is 16.2. The van der Waals surface area contributed by atoms with Crippen LogP contribution in [0.5, 0.6) is 0 Å². The first-order chi connectivity index (χ1) is 15.1. The summed E-state index contributed by atoms with van der Waals surface area (Å²) in [6.45, 7) is 2.19. The maximum atomic E-state index is 13.2. The molecule has 3 aromatic rings. The van der Waals surface area contributed by atoms with Crippen molar-refractivity contribution in [3.05, 3.63) is 54.6 Å². The fraction of sp³-hybridized carbons (Fsp3) is 0.391. The number of piperidine rings is 1. The molecule has 2 atom stereocenters. The van der Waals surface area contributed by atoms with Crippen LogP contribution in [0.25, 0.3) is 11.0 Å². The highest BCUT2D eigenvalue weighted by Gasteiger charge is 2.41. The number of imidazole rings is 1. The third kappa shape index (κ3) is 3.67. The summed E-state index contributed by atoms with van der Waals surface area (Å²) in [5.41, 5.74) is 9.82. The van der Waals surface area contributed by atoms with Crippen molar-refractivity contribution < 1.29 is 9.59 Å². The van der Waals surface area contributed by atoms with Crippen molar-refractivity contribution in [3.8, 4) is 0 Å². The van der Waals surface area contributed by atoms with E-state index in [0.717, 1.165) is 42.7 Å². The molecule has 2 aliphatic heterocycles. The molecule has 0 spiro atoms. The zero-order valence-corrected chi connectivity index (χ0v) is 17.3. The van der Waals surface area contributed by atoms with Gasteiger partial charge in [0.15, 0.2) is 5.78 Å². The summed E-state index contributed by atoms with van der Waals surface area (Å²) in [7, 11) is 0. The number of nitrogens with one attached hydrogen (secondary N) is 1. The van der Waals surface area contributed by atoms with Gasteiger partial charge in [-0.15, -0.1) is 0 Å². The maximum Gasteiger partial charge on any atom is 0.227 e. The average molecular weight is 419 g/mol. The number of likely N-dealkylation sites (tertiary alicyclic amines) is 1. The number of pyridine rings is 1.